The zero-order valence-corrected chi connectivity index (χ0v) is 9.88. The fourth-order valence-electron chi connectivity index (χ4n) is 1.59. The second kappa shape index (κ2) is 5.59. The molecule has 0 aliphatic rings. The topological polar surface area (TPSA) is 50.9 Å². The molecule has 1 rings (SSSR count). The summed E-state index contributed by atoms with van der Waals surface area (Å²) in [5, 5.41) is 3.43. The second-order valence-electron chi connectivity index (χ2n) is 3.91. The van der Waals surface area contributed by atoms with Crippen LogP contribution in [0, 0.1) is 6.92 Å². The number of hydrogen-bond donors (Lipinski definition) is 2. The van der Waals surface area contributed by atoms with Crippen LogP contribution in [0.4, 0.5) is 11.5 Å². The summed E-state index contributed by atoms with van der Waals surface area (Å²) in [6, 6.07) is 4.37. The van der Waals surface area contributed by atoms with E-state index in [9.17, 15) is 0 Å². The van der Waals surface area contributed by atoms with E-state index in [1.54, 1.807) is 0 Å². The van der Waals surface area contributed by atoms with E-state index in [1.807, 2.05) is 19.1 Å². The standard InChI is InChI=1S/C12H21N3/c1-4-6-10(5-2)15-12-8-7-11(13)9(3)14-12/h7-8,10H,4-6,13H2,1-3H3,(H,14,15). The second-order valence-corrected chi connectivity index (χ2v) is 3.91. The first-order valence-corrected chi connectivity index (χ1v) is 5.67. The summed E-state index contributed by atoms with van der Waals surface area (Å²) in [6.07, 6.45) is 3.50. The van der Waals surface area contributed by atoms with Gasteiger partial charge in [-0.3, -0.25) is 0 Å². The van der Waals surface area contributed by atoms with Crippen LogP contribution in [0.1, 0.15) is 38.8 Å². The molecule has 0 radical (unpaired) electrons. The molecular formula is C12H21N3. The molecule has 84 valence electrons. The highest BCUT2D eigenvalue weighted by Gasteiger charge is 2.05. The van der Waals surface area contributed by atoms with Crippen LogP contribution in [0.3, 0.4) is 0 Å². The van der Waals surface area contributed by atoms with Crippen LogP contribution < -0.4 is 11.1 Å². The molecular weight excluding hydrogens is 186 g/mol. The third-order valence-corrected chi connectivity index (χ3v) is 2.61. The highest BCUT2D eigenvalue weighted by atomic mass is 15.0. The molecule has 1 atom stereocenters. The van der Waals surface area contributed by atoms with Crippen LogP contribution in [-0.4, -0.2) is 11.0 Å². The van der Waals surface area contributed by atoms with Crippen molar-refractivity contribution in [1.29, 1.82) is 0 Å². The lowest BCUT2D eigenvalue weighted by Gasteiger charge is -2.17. The van der Waals surface area contributed by atoms with E-state index in [0.29, 0.717) is 6.04 Å². The van der Waals surface area contributed by atoms with Gasteiger partial charge in [0.15, 0.2) is 0 Å². The Kier molecular flexibility index (Phi) is 4.40. The van der Waals surface area contributed by atoms with Crippen molar-refractivity contribution in [3.63, 3.8) is 0 Å². The summed E-state index contributed by atoms with van der Waals surface area (Å²) >= 11 is 0. The van der Waals surface area contributed by atoms with Crippen molar-refractivity contribution in [2.45, 2.75) is 46.1 Å². The molecule has 1 aromatic heterocycles. The molecule has 3 nitrogen and oxygen atoms in total. The lowest BCUT2D eigenvalue weighted by Crippen LogP contribution is -2.19. The van der Waals surface area contributed by atoms with Gasteiger partial charge in [0.1, 0.15) is 5.82 Å². The van der Waals surface area contributed by atoms with Gasteiger partial charge in [0.2, 0.25) is 0 Å². The van der Waals surface area contributed by atoms with Gasteiger partial charge in [-0.1, -0.05) is 20.3 Å². The summed E-state index contributed by atoms with van der Waals surface area (Å²) in [5.41, 5.74) is 7.37. The largest absolute Gasteiger partial charge is 0.397 e. The van der Waals surface area contributed by atoms with E-state index in [2.05, 4.69) is 24.1 Å². The van der Waals surface area contributed by atoms with Gasteiger partial charge < -0.3 is 11.1 Å². The minimum absolute atomic E-state index is 0.519. The predicted molar refractivity (Wildman–Crippen MR) is 66.0 cm³/mol. The number of nitrogens with zero attached hydrogens (tertiary/aromatic N) is 1. The Hall–Kier alpha value is -1.25. The van der Waals surface area contributed by atoms with E-state index in [-0.39, 0.29) is 0 Å². The van der Waals surface area contributed by atoms with Crippen LogP contribution in [0.25, 0.3) is 0 Å². The summed E-state index contributed by atoms with van der Waals surface area (Å²) in [5.74, 6) is 0.932. The van der Waals surface area contributed by atoms with Crippen molar-refractivity contribution in [2.75, 3.05) is 11.1 Å². The zero-order valence-electron chi connectivity index (χ0n) is 9.88. The van der Waals surface area contributed by atoms with E-state index in [1.165, 1.54) is 12.8 Å². The Balaban J connectivity index is 2.66. The van der Waals surface area contributed by atoms with Crippen LogP contribution in [0.15, 0.2) is 12.1 Å². The Morgan fingerprint density at radius 2 is 2.13 bits per heavy atom. The molecule has 3 N–H and O–H groups in total. The van der Waals surface area contributed by atoms with Gasteiger partial charge in [0, 0.05) is 6.04 Å². The molecule has 0 spiro atoms. The maximum absolute atomic E-state index is 5.72. The highest BCUT2D eigenvalue weighted by molar-refractivity contribution is 5.49. The molecule has 0 aliphatic carbocycles. The monoisotopic (exact) mass is 207 g/mol. The minimum Gasteiger partial charge on any atom is -0.397 e. The number of anilines is 2. The lowest BCUT2D eigenvalue weighted by atomic mass is 10.1. The first-order chi connectivity index (χ1) is 7.17. The number of nitrogens with one attached hydrogen (secondary N) is 1. The number of rotatable bonds is 5. The number of aromatic nitrogens is 1. The molecule has 1 unspecified atom stereocenters. The number of hydrogen-bond acceptors (Lipinski definition) is 3. The molecule has 1 heterocycles. The summed E-state index contributed by atoms with van der Waals surface area (Å²) in [4.78, 5) is 4.41. The lowest BCUT2D eigenvalue weighted by molar-refractivity contribution is 0.620. The van der Waals surface area contributed by atoms with Gasteiger partial charge in [0.05, 0.1) is 11.4 Å². The van der Waals surface area contributed by atoms with Crippen LogP contribution >= 0.6 is 0 Å². The molecule has 0 saturated heterocycles. The van der Waals surface area contributed by atoms with Crippen molar-refractivity contribution < 1.29 is 0 Å². The van der Waals surface area contributed by atoms with Crippen molar-refractivity contribution in [1.82, 2.24) is 4.98 Å². The molecule has 0 aliphatic heterocycles. The number of nitrogen functional groups attached to an aromatic ring is 1. The average molecular weight is 207 g/mol. The molecule has 3 heteroatoms. The summed E-state index contributed by atoms with van der Waals surface area (Å²) in [7, 11) is 0. The van der Waals surface area contributed by atoms with E-state index >= 15 is 0 Å². The number of pyridine rings is 1. The molecule has 0 saturated carbocycles. The third kappa shape index (κ3) is 3.42. The van der Waals surface area contributed by atoms with Crippen molar-refractivity contribution in [3.8, 4) is 0 Å². The quantitative estimate of drug-likeness (QED) is 0.780. The van der Waals surface area contributed by atoms with E-state index in [4.69, 9.17) is 5.73 Å². The van der Waals surface area contributed by atoms with E-state index in [0.717, 1.165) is 23.6 Å². The zero-order chi connectivity index (χ0) is 11.3. The van der Waals surface area contributed by atoms with Gasteiger partial charge in [-0.15, -0.1) is 0 Å². The molecule has 1 aromatic rings. The smallest absolute Gasteiger partial charge is 0.126 e. The van der Waals surface area contributed by atoms with Crippen molar-refractivity contribution in [3.05, 3.63) is 17.8 Å². The van der Waals surface area contributed by atoms with Crippen LogP contribution in [-0.2, 0) is 0 Å². The SMILES string of the molecule is CCCC(CC)Nc1ccc(N)c(C)n1. The van der Waals surface area contributed by atoms with Crippen molar-refractivity contribution in [2.24, 2.45) is 0 Å². The Morgan fingerprint density at radius 3 is 2.67 bits per heavy atom. The summed E-state index contributed by atoms with van der Waals surface area (Å²) < 4.78 is 0. The van der Waals surface area contributed by atoms with Crippen molar-refractivity contribution >= 4 is 11.5 Å². The van der Waals surface area contributed by atoms with Gasteiger partial charge in [0.25, 0.3) is 0 Å². The molecule has 0 fully saturated rings. The Labute approximate surface area is 92.1 Å². The van der Waals surface area contributed by atoms with Crippen LogP contribution in [0.5, 0.6) is 0 Å². The Morgan fingerprint density at radius 1 is 1.40 bits per heavy atom. The van der Waals surface area contributed by atoms with Crippen LogP contribution in [0.2, 0.25) is 0 Å². The fraction of sp³-hybridized carbons (Fsp3) is 0.583. The molecule has 0 amide bonds. The van der Waals surface area contributed by atoms with Gasteiger partial charge in [-0.2, -0.15) is 0 Å². The highest BCUT2D eigenvalue weighted by Crippen LogP contribution is 2.14. The van der Waals surface area contributed by atoms with Gasteiger partial charge >= 0.3 is 0 Å². The van der Waals surface area contributed by atoms with E-state index < -0.39 is 0 Å². The predicted octanol–water partition coefficient (Wildman–Crippen LogP) is 2.96. The maximum Gasteiger partial charge on any atom is 0.126 e. The average Bonchev–Trinajstić information content (AvgIpc) is 2.23. The number of aryl methyl sites for hydroxylation is 1. The fourth-order valence-corrected chi connectivity index (χ4v) is 1.59. The minimum atomic E-state index is 0.519. The summed E-state index contributed by atoms with van der Waals surface area (Å²) in [6.45, 7) is 6.32. The Bertz CT molecular complexity index is 310. The molecule has 0 bridgehead atoms. The third-order valence-electron chi connectivity index (χ3n) is 2.61. The molecule has 15 heavy (non-hydrogen) atoms. The maximum atomic E-state index is 5.72. The van der Waals surface area contributed by atoms with Gasteiger partial charge in [-0.25, -0.2) is 4.98 Å². The normalized spacial score (nSPS) is 12.5. The van der Waals surface area contributed by atoms with Gasteiger partial charge in [-0.05, 0) is 31.9 Å². The first-order valence-electron chi connectivity index (χ1n) is 5.67. The number of nitrogens with two attached hydrogens (primary N) is 1. The molecule has 0 aromatic carbocycles. The first kappa shape index (κ1) is 11.8.